The zero-order chi connectivity index (χ0) is 22.7. The third-order valence-electron chi connectivity index (χ3n) is 4.94. The normalized spacial score (nSPS) is 15.1. The van der Waals surface area contributed by atoms with E-state index in [1.54, 1.807) is 30.7 Å². The van der Waals surface area contributed by atoms with Gasteiger partial charge in [0.25, 0.3) is 5.69 Å². The molecule has 4 rings (SSSR count). The first-order chi connectivity index (χ1) is 15.5. The van der Waals surface area contributed by atoms with Crippen LogP contribution < -0.4 is 5.32 Å². The fourth-order valence-electron chi connectivity index (χ4n) is 3.50. The molecule has 1 aliphatic heterocycles. The molecule has 0 fully saturated rings. The number of thioether (sulfide) groups is 1. The van der Waals surface area contributed by atoms with E-state index in [2.05, 4.69) is 15.4 Å². The number of hydrogen-bond acceptors (Lipinski definition) is 8. The Bertz CT molecular complexity index is 1190. The molecular formula is C22H21N5O4S. The molecule has 1 aromatic heterocycles. The maximum Gasteiger partial charge on any atom is 0.338 e. The van der Waals surface area contributed by atoms with Crippen LogP contribution in [0.15, 0.2) is 71.0 Å². The summed E-state index contributed by atoms with van der Waals surface area (Å²) in [4.78, 5) is 28.3. The Morgan fingerprint density at radius 3 is 2.75 bits per heavy atom. The van der Waals surface area contributed by atoms with Crippen LogP contribution in [0.1, 0.15) is 31.0 Å². The van der Waals surface area contributed by atoms with Crippen LogP contribution in [0.4, 0.5) is 11.6 Å². The first-order valence-corrected chi connectivity index (χ1v) is 11.0. The first kappa shape index (κ1) is 21.6. The Morgan fingerprint density at radius 2 is 2.03 bits per heavy atom. The third kappa shape index (κ3) is 4.35. The molecule has 2 heterocycles. The van der Waals surface area contributed by atoms with E-state index in [9.17, 15) is 14.9 Å². The summed E-state index contributed by atoms with van der Waals surface area (Å²) in [6, 6.07) is 15.4. The molecule has 10 heteroatoms. The zero-order valence-corrected chi connectivity index (χ0v) is 18.3. The van der Waals surface area contributed by atoms with Gasteiger partial charge in [-0.1, -0.05) is 54.2 Å². The number of carbonyl (C=O) groups is 1. The number of nitrogens with zero attached hydrogens (tertiary/aromatic N) is 4. The minimum Gasteiger partial charge on any atom is -0.463 e. The molecular weight excluding hydrogens is 430 g/mol. The van der Waals surface area contributed by atoms with Gasteiger partial charge in [-0.25, -0.2) is 9.48 Å². The second kappa shape index (κ2) is 9.23. The molecule has 0 spiro atoms. The van der Waals surface area contributed by atoms with Gasteiger partial charge in [0.15, 0.2) is 0 Å². The molecule has 0 amide bonds. The highest BCUT2D eigenvalue weighted by molar-refractivity contribution is 7.98. The molecule has 164 valence electrons. The zero-order valence-electron chi connectivity index (χ0n) is 17.5. The number of fused-ring (bicyclic) bond motifs is 1. The number of carbonyl (C=O) groups excluding carboxylic acids is 1. The Labute approximate surface area is 188 Å². The van der Waals surface area contributed by atoms with Crippen LogP contribution in [0.5, 0.6) is 0 Å². The highest BCUT2D eigenvalue weighted by atomic mass is 32.2. The van der Waals surface area contributed by atoms with Crippen molar-refractivity contribution in [2.75, 3.05) is 11.9 Å². The summed E-state index contributed by atoms with van der Waals surface area (Å²) < 4.78 is 6.86. The van der Waals surface area contributed by atoms with Crippen molar-refractivity contribution in [1.29, 1.82) is 0 Å². The van der Waals surface area contributed by atoms with Crippen molar-refractivity contribution in [3.63, 3.8) is 0 Å². The Kier molecular flexibility index (Phi) is 6.22. The summed E-state index contributed by atoms with van der Waals surface area (Å²) in [6.07, 6.45) is 0. The van der Waals surface area contributed by atoms with Gasteiger partial charge >= 0.3 is 5.97 Å². The average Bonchev–Trinajstić information content (AvgIpc) is 3.20. The lowest BCUT2D eigenvalue weighted by Gasteiger charge is -2.27. The van der Waals surface area contributed by atoms with E-state index in [0.29, 0.717) is 33.7 Å². The number of nitrogens with one attached hydrogen (secondary N) is 1. The molecule has 1 aliphatic rings. The van der Waals surface area contributed by atoms with Crippen molar-refractivity contribution in [3.8, 4) is 0 Å². The number of aromatic nitrogens is 3. The van der Waals surface area contributed by atoms with Gasteiger partial charge in [-0.15, -0.1) is 5.10 Å². The van der Waals surface area contributed by atoms with Crippen LogP contribution in [0.3, 0.4) is 0 Å². The summed E-state index contributed by atoms with van der Waals surface area (Å²) >= 11 is 1.47. The number of ether oxygens (including phenoxy) is 1. The molecule has 0 aliphatic carbocycles. The number of esters is 1. The largest absolute Gasteiger partial charge is 0.463 e. The first-order valence-electron chi connectivity index (χ1n) is 10.0. The molecule has 2 aromatic carbocycles. The fourth-order valence-corrected chi connectivity index (χ4v) is 4.29. The smallest absolute Gasteiger partial charge is 0.338 e. The molecule has 0 radical (unpaired) electrons. The van der Waals surface area contributed by atoms with Gasteiger partial charge in [0, 0.05) is 23.6 Å². The van der Waals surface area contributed by atoms with Crippen LogP contribution in [0, 0.1) is 10.1 Å². The lowest BCUT2D eigenvalue weighted by Crippen LogP contribution is -2.29. The number of rotatable bonds is 7. The lowest BCUT2D eigenvalue weighted by atomic mass is 9.95. The summed E-state index contributed by atoms with van der Waals surface area (Å²) in [5.41, 5.74) is 2.52. The molecule has 0 saturated heterocycles. The van der Waals surface area contributed by atoms with Gasteiger partial charge in [-0.05, 0) is 25.0 Å². The topological polar surface area (TPSA) is 112 Å². The van der Waals surface area contributed by atoms with Crippen LogP contribution in [0.25, 0.3) is 0 Å². The minimum absolute atomic E-state index is 0.0674. The molecule has 1 N–H and O–H groups in total. The van der Waals surface area contributed by atoms with E-state index >= 15 is 0 Å². The Hall–Kier alpha value is -3.66. The highest BCUT2D eigenvalue weighted by Gasteiger charge is 2.35. The summed E-state index contributed by atoms with van der Waals surface area (Å²) in [5.74, 6) is 0.638. The van der Waals surface area contributed by atoms with E-state index in [-0.39, 0.29) is 12.3 Å². The number of anilines is 1. The van der Waals surface area contributed by atoms with E-state index in [1.807, 2.05) is 30.3 Å². The van der Waals surface area contributed by atoms with Crippen molar-refractivity contribution in [2.45, 2.75) is 30.8 Å². The summed E-state index contributed by atoms with van der Waals surface area (Å²) in [7, 11) is 0. The molecule has 3 aromatic rings. The van der Waals surface area contributed by atoms with Crippen LogP contribution in [0.2, 0.25) is 0 Å². The second-order valence-corrected chi connectivity index (χ2v) is 8.02. The van der Waals surface area contributed by atoms with Crippen molar-refractivity contribution in [2.24, 2.45) is 0 Å². The van der Waals surface area contributed by atoms with Gasteiger partial charge in [0.2, 0.25) is 11.1 Å². The Balaban J connectivity index is 1.74. The number of allylic oxidation sites excluding steroid dienone is 1. The number of non-ortho nitro benzene ring substituents is 1. The van der Waals surface area contributed by atoms with Crippen LogP contribution in [-0.4, -0.2) is 32.3 Å². The van der Waals surface area contributed by atoms with E-state index in [4.69, 9.17) is 4.74 Å². The van der Waals surface area contributed by atoms with Crippen molar-refractivity contribution in [1.82, 2.24) is 14.8 Å². The fraction of sp³-hybridized carbons (Fsp3) is 0.227. The quantitative estimate of drug-likeness (QED) is 0.244. The summed E-state index contributed by atoms with van der Waals surface area (Å²) in [6.45, 7) is 3.69. The van der Waals surface area contributed by atoms with Crippen molar-refractivity contribution >= 4 is 29.4 Å². The van der Waals surface area contributed by atoms with Crippen LogP contribution in [-0.2, 0) is 15.3 Å². The van der Waals surface area contributed by atoms with Gasteiger partial charge in [-0.2, -0.15) is 4.98 Å². The van der Waals surface area contributed by atoms with E-state index in [0.717, 1.165) is 5.56 Å². The van der Waals surface area contributed by atoms with Gasteiger partial charge in [-0.3, -0.25) is 10.1 Å². The molecule has 1 atom stereocenters. The van der Waals surface area contributed by atoms with E-state index in [1.165, 1.54) is 23.9 Å². The third-order valence-corrected chi connectivity index (χ3v) is 5.84. The Morgan fingerprint density at radius 1 is 1.25 bits per heavy atom. The minimum atomic E-state index is -0.705. The molecule has 0 bridgehead atoms. The molecule has 1 unspecified atom stereocenters. The number of nitro benzene ring substituents is 1. The predicted molar refractivity (Wildman–Crippen MR) is 120 cm³/mol. The second-order valence-electron chi connectivity index (χ2n) is 7.08. The lowest BCUT2D eigenvalue weighted by molar-refractivity contribution is -0.384. The predicted octanol–water partition coefficient (Wildman–Crippen LogP) is 4.33. The maximum absolute atomic E-state index is 12.8. The SMILES string of the molecule is CCOC(=O)C1=C(C)Nc2nc(SCc3ccccc3)nn2C1c1cccc([N+](=O)[O-])c1. The maximum atomic E-state index is 12.8. The highest BCUT2D eigenvalue weighted by Crippen LogP contribution is 2.37. The standard InChI is InChI=1S/C22H21N5O4S/c1-3-31-20(28)18-14(2)23-21-24-22(32-13-15-8-5-4-6-9-15)25-26(21)19(18)16-10-7-11-17(12-16)27(29)30/h4-12,19H,3,13H2,1-2H3,(H,23,24,25). The summed E-state index contributed by atoms with van der Waals surface area (Å²) in [5, 5.41) is 19.6. The van der Waals surface area contributed by atoms with Gasteiger partial charge < -0.3 is 10.1 Å². The van der Waals surface area contributed by atoms with Gasteiger partial charge in [0.05, 0.1) is 17.1 Å². The molecule has 0 saturated carbocycles. The van der Waals surface area contributed by atoms with Crippen molar-refractivity contribution in [3.05, 3.63) is 87.1 Å². The number of benzene rings is 2. The number of nitro groups is 1. The molecule has 9 nitrogen and oxygen atoms in total. The van der Waals surface area contributed by atoms with Crippen molar-refractivity contribution < 1.29 is 14.5 Å². The van der Waals surface area contributed by atoms with E-state index < -0.39 is 16.9 Å². The average molecular weight is 452 g/mol. The molecule has 32 heavy (non-hydrogen) atoms. The van der Waals surface area contributed by atoms with Crippen LogP contribution >= 0.6 is 11.8 Å². The van der Waals surface area contributed by atoms with Gasteiger partial charge in [0.1, 0.15) is 6.04 Å². The monoisotopic (exact) mass is 451 g/mol. The number of hydrogen-bond donors (Lipinski definition) is 1.